The van der Waals surface area contributed by atoms with E-state index in [2.05, 4.69) is 10.0 Å². The van der Waals surface area contributed by atoms with E-state index in [0.717, 1.165) is 24.7 Å². The molecular formula is C13H22ClN3O3S. The molecule has 0 heterocycles. The minimum absolute atomic E-state index is 0. The second kappa shape index (κ2) is 8.86. The fourth-order valence-electron chi connectivity index (χ4n) is 1.65. The van der Waals surface area contributed by atoms with Crippen LogP contribution in [0.3, 0.4) is 0 Å². The molecule has 0 atom stereocenters. The smallest absolute Gasteiger partial charge is 0.251 e. The summed E-state index contributed by atoms with van der Waals surface area (Å²) in [4.78, 5) is 11.9. The van der Waals surface area contributed by atoms with E-state index in [1.165, 1.54) is 6.07 Å². The van der Waals surface area contributed by atoms with Crippen LogP contribution in [0.25, 0.3) is 0 Å². The third kappa shape index (κ3) is 7.31. The number of carbonyl (C=O) groups is 1. The molecule has 21 heavy (non-hydrogen) atoms. The van der Waals surface area contributed by atoms with Gasteiger partial charge in [-0.15, -0.1) is 12.4 Å². The molecule has 1 rings (SSSR count). The average Bonchev–Trinajstić information content (AvgIpc) is 2.35. The van der Waals surface area contributed by atoms with Gasteiger partial charge < -0.3 is 11.1 Å². The first kappa shape index (κ1) is 19.7. The van der Waals surface area contributed by atoms with Crippen molar-refractivity contribution in [2.45, 2.75) is 19.8 Å². The SMILES string of the molecule is Cc1ccc(C(=O)NCCCCN)cc1NS(C)(=O)=O.Cl. The second-order valence-corrected chi connectivity index (χ2v) is 6.40. The molecule has 0 unspecified atom stereocenters. The standard InChI is InChI=1S/C13H21N3O3S.ClH/c1-10-5-6-11(9-12(10)16-20(2,18)19)13(17)15-8-4-3-7-14;/h5-6,9,16H,3-4,7-8,14H2,1-2H3,(H,15,17);1H. The summed E-state index contributed by atoms with van der Waals surface area (Å²) in [6.45, 7) is 2.93. The van der Waals surface area contributed by atoms with Gasteiger partial charge in [0.1, 0.15) is 0 Å². The number of unbranched alkanes of at least 4 members (excludes halogenated alkanes) is 1. The number of nitrogens with two attached hydrogens (primary N) is 1. The molecule has 1 amide bonds. The van der Waals surface area contributed by atoms with Gasteiger partial charge in [-0.2, -0.15) is 0 Å². The predicted octanol–water partition coefficient (Wildman–Crippen LogP) is 1.26. The highest BCUT2D eigenvalue weighted by Crippen LogP contribution is 2.18. The van der Waals surface area contributed by atoms with E-state index in [9.17, 15) is 13.2 Å². The van der Waals surface area contributed by atoms with E-state index in [0.29, 0.717) is 24.3 Å². The number of hydrogen-bond donors (Lipinski definition) is 3. The van der Waals surface area contributed by atoms with Crippen LogP contribution < -0.4 is 15.8 Å². The van der Waals surface area contributed by atoms with Crippen molar-refractivity contribution in [3.05, 3.63) is 29.3 Å². The van der Waals surface area contributed by atoms with Gasteiger partial charge in [0, 0.05) is 12.1 Å². The number of carbonyl (C=O) groups excluding carboxylic acids is 1. The Morgan fingerprint density at radius 2 is 1.95 bits per heavy atom. The Bertz CT molecular complexity index is 576. The van der Waals surface area contributed by atoms with Crippen LogP contribution in [0.4, 0.5) is 5.69 Å². The number of hydrogen-bond acceptors (Lipinski definition) is 4. The van der Waals surface area contributed by atoms with Gasteiger partial charge >= 0.3 is 0 Å². The molecule has 1 aromatic rings. The molecule has 0 saturated heterocycles. The first-order valence-corrected chi connectivity index (χ1v) is 8.29. The van der Waals surface area contributed by atoms with Gasteiger partial charge in [0.15, 0.2) is 0 Å². The molecule has 0 aliphatic rings. The average molecular weight is 336 g/mol. The van der Waals surface area contributed by atoms with E-state index in [-0.39, 0.29) is 18.3 Å². The van der Waals surface area contributed by atoms with Crippen LogP contribution in [0.1, 0.15) is 28.8 Å². The van der Waals surface area contributed by atoms with Crippen molar-refractivity contribution in [2.24, 2.45) is 5.73 Å². The second-order valence-electron chi connectivity index (χ2n) is 4.66. The van der Waals surface area contributed by atoms with Gasteiger partial charge in [-0.25, -0.2) is 8.42 Å². The summed E-state index contributed by atoms with van der Waals surface area (Å²) in [7, 11) is -3.36. The van der Waals surface area contributed by atoms with E-state index in [1.54, 1.807) is 19.1 Å². The van der Waals surface area contributed by atoms with Gasteiger partial charge in [0.25, 0.3) is 5.91 Å². The quantitative estimate of drug-likeness (QED) is 0.653. The lowest BCUT2D eigenvalue weighted by atomic mass is 10.1. The highest BCUT2D eigenvalue weighted by molar-refractivity contribution is 7.92. The molecule has 120 valence electrons. The largest absolute Gasteiger partial charge is 0.352 e. The lowest BCUT2D eigenvalue weighted by Gasteiger charge is -2.10. The van der Waals surface area contributed by atoms with Crippen LogP contribution in [-0.2, 0) is 10.0 Å². The Morgan fingerprint density at radius 3 is 2.52 bits per heavy atom. The molecule has 0 saturated carbocycles. The Hall–Kier alpha value is -1.31. The van der Waals surface area contributed by atoms with Crippen LogP contribution in [0.15, 0.2) is 18.2 Å². The molecule has 0 radical (unpaired) electrons. The highest BCUT2D eigenvalue weighted by atomic mass is 35.5. The zero-order valence-corrected chi connectivity index (χ0v) is 13.8. The fraction of sp³-hybridized carbons (Fsp3) is 0.462. The fourth-order valence-corrected chi connectivity index (χ4v) is 2.27. The highest BCUT2D eigenvalue weighted by Gasteiger charge is 2.10. The minimum atomic E-state index is -3.36. The molecule has 0 aromatic heterocycles. The van der Waals surface area contributed by atoms with Crippen molar-refractivity contribution in [1.82, 2.24) is 5.32 Å². The lowest BCUT2D eigenvalue weighted by molar-refractivity contribution is 0.0953. The number of amides is 1. The molecule has 0 spiro atoms. The first-order chi connectivity index (χ1) is 9.33. The molecular weight excluding hydrogens is 314 g/mol. The zero-order valence-electron chi connectivity index (χ0n) is 12.2. The molecule has 0 aliphatic heterocycles. The van der Waals surface area contributed by atoms with Crippen LogP contribution in [-0.4, -0.2) is 33.7 Å². The number of benzene rings is 1. The number of nitrogens with one attached hydrogen (secondary N) is 2. The van der Waals surface area contributed by atoms with Crippen molar-refractivity contribution in [3.8, 4) is 0 Å². The third-order valence-corrected chi connectivity index (χ3v) is 3.30. The molecule has 0 aliphatic carbocycles. The summed E-state index contributed by atoms with van der Waals surface area (Å²) in [5.74, 6) is -0.224. The van der Waals surface area contributed by atoms with Gasteiger partial charge in [-0.05, 0) is 44.0 Å². The molecule has 0 bridgehead atoms. The van der Waals surface area contributed by atoms with Crippen LogP contribution in [0, 0.1) is 6.92 Å². The lowest BCUT2D eigenvalue weighted by Crippen LogP contribution is -2.25. The number of rotatable bonds is 7. The number of halogens is 1. The zero-order chi connectivity index (χ0) is 15.2. The summed E-state index contributed by atoms with van der Waals surface area (Å²) in [6.07, 6.45) is 2.75. The predicted molar refractivity (Wildman–Crippen MR) is 87.5 cm³/mol. The summed E-state index contributed by atoms with van der Waals surface area (Å²) < 4.78 is 24.9. The monoisotopic (exact) mass is 335 g/mol. The Balaban J connectivity index is 0.00000400. The van der Waals surface area contributed by atoms with Crippen molar-refractivity contribution in [2.75, 3.05) is 24.1 Å². The van der Waals surface area contributed by atoms with Crippen LogP contribution in [0.5, 0.6) is 0 Å². The van der Waals surface area contributed by atoms with E-state index < -0.39 is 10.0 Å². The maximum Gasteiger partial charge on any atom is 0.251 e. The Kier molecular flexibility index (Phi) is 8.31. The summed E-state index contributed by atoms with van der Waals surface area (Å²) >= 11 is 0. The third-order valence-electron chi connectivity index (χ3n) is 2.71. The van der Waals surface area contributed by atoms with Gasteiger partial charge in [0.05, 0.1) is 11.9 Å². The van der Waals surface area contributed by atoms with Gasteiger partial charge in [0.2, 0.25) is 10.0 Å². The molecule has 0 fully saturated rings. The van der Waals surface area contributed by atoms with E-state index in [1.807, 2.05) is 0 Å². The Morgan fingerprint density at radius 1 is 1.29 bits per heavy atom. The van der Waals surface area contributed by atoms with Crippen LogP contribution >= 0.6 is 12.4 Å². The number of aryl methyl sites for hydroxylation is 1. The number of anilines is 1. The molecule has 6 nitrogen and oxygen atoms in total. The summed E-state index contributed by atoms with van der Waals surface area (Å²) in [5.41, 5.74) is 6.98. The topological polar surface area (TPSA) is 101 Å². The Labute approximate surface area is 132 Å². The van der Waals surface area contributed by atoms with E-state index in [4.69, 9.17) is 5.73 Å². The molecule has 1 aromatic carbocycles. The van der Waals surface area contributed by atoms with Crippen molar-refractivity contribution < 1.29 is 13.2 Å². The maximum absolute atomic E-state index is 11.9. The van der Waals surface area contributed by atoms with E-state index >= 15 is 0 Å². The molecule has 4 N–H and O–H groups in total. The summed E-state index contributed by atoms with van der Waals surface area (Å²) in [5, 5.41) is 2.77. The van der Waals surface area contributed by atoms with Gasteiger partial charge in [-0.1, -0.05) is 6.07 Å². The normalized spacial score (nSPS) is 10.6. The summed E-state index contributed by atoms with van der Waals surface area (Å²) in [6, 6.07) is 4.91. The van der Waals surface area contributed by atoms with Crippen LogP contribution in [0.2, 0.25) is 0 Å². The molecule has 8 heteroatoms. The first-order valence-electron chi connectivity index (χ1n) is 6.40. The van der Waals surface area contributed by atoms with Gasteiger partial charge in [-0.3, -0.25) is 9.52 Å². The van der Waals surface area contributed by atoms with Crippen molar-refractivity contribution in [3.63, 3.8) is 0 Å². The van der Waals surface area contributed by atoms with Crippen molar-refractivity contribution in [1.29, 1.82) is 0 Å². The van der Waals surface area contributed by atoms with Crippen molar-refractivity contribution >= 4 is 34.0 Å². The number of sulfonamides is 1. The maximum atomic E-state index is 11.9. The minimum Gasteiger partial charge on any atom is -0.352 e.